The number of likely N-dealkylation sites (tertiary alicyclic amines) is 1. The zero-order valence-electron chi connectivity index (χ0n) is 14.5. The van der Waals surface area contributed by atoms with Crippen LogP contribution in [0.1, 0.15) is 47.0 Å². The van der Waals surface area contributed by atoms with Crippen LogP contribution in [0, 0.1) is 11.8 Å². The van der Waals surface area contributed by atoms with Crippen molar-refractivity contribution in [2.24, 2.45) is 11.8 Å². The molecule has 0 bridgehead atoms. The van der Waals surface area contributed by atoms with Crippen LogP contribution in [-0.4, -0.2) is 59.9 Å². The van der Waals surface area contributed by atoms with E-state index in [0.717, 1.165) is 32.4 Å². The van der Waals surface area contributed by atoms with Crippen molar-refractivity contribution in [3.05, 3.63) is 0 Å². The van der Waals surface area contributed by atoms with Crippen molar-refractivity contribution in [1.82, 2.24) is 15.1 Å². The Morgan fingerprint density at radius 3 is 2.36 bits per heavy atom. The van der Waals surface area contributed by atoms with E-state index in [1.54, 1.807) is 0 Å². The summed E-state index contributed by atoms with van der Waals surface area (Å²) in [5.41, 5.74) is 0. The van der Waals surface area contributed by atoms with Gasteiger partial charge in [0, 0.05) is 25.0 Å². The van der Waals surface area contributed by atoms with E-state index >= 15 is 0 Å². The Labute approximate surface area is 134 Å². The lowest BCUT2D eigenvalue weighted by molar-refractivity contribution is -0.148. The lowest BCUT2D eigenvalue weighted by Crippen LogP contribution is -2.59. The Morgan fingerprint density at radius 2 is 1.82 bits per heavy atom. The van der Waals surface area contributed by atoms with E-state index < -0.39 is 0 Å². The molecule has 5 heteroatoms. The van der Waals surface area contributed by atoms with Gasteiger partial charge < -0.3 is 15.1 Å². The summed E-state index contributed by atoms with van der Waals surface area (Å²) in [6.07, 6.45) is 2.59. The zero-order valence-corrected chi connectivity index (χ0v) is 14.5. The van der Waals surface area contributed by atoms with Crippen molar-refractivity contribution in [3.63, 3.8) is 0 Å². The molecule has 2 heterocycles. The Balaban J connectivity index is 1.99. The summed E-state index contributed by atoms with van der Waals surface area (Å²) in [7, 11) is 0. The number of hydrogen-bond donors (Lipinski definition) is 1. The maximum absolute atomic E-state index is 12.9. The van der Waals surface area contributed by atoms with Gasteiger partial charge in [-0.2, -0.15) is 0 Å². The molecule has 0 aliphatic carbocycles. The first kappa shape index (κ1) is 17.3. The molecule has 2 rings (SSSR count). The van der Waals surface area contributed by atoms with Crippen LogP contribution in [0.3, 0.4) is 0 Å². The second-order valence-corrected chi connectivity index (χ2v) is 7.37. The number of nitrogens with one attached hydrogen (secondary N) is 1. The molecule has 1 N–H and O–H groups in total. The predicted octanol–water partition coefficient (Wildman–Crippen LogP) is 1.48. The van der Waals surface area contributed by atoms with Gasteiger partial charge in [0.05, 0.1) is 0 Å². The molecule has 2 amide bonds. The monoisotopic (exact) mass is 309 g/mol. The summed E-state index contributed by atoms with van der Waals surface area (Å²) in [5, 5.41) is 2.91. The molecular weight excluding hydrogens is 278 g/mol. The van der Waals surface area contributed by atoms with Crippen molar-refractivity contribution < 1.29 is 9.59 Å². The van der Waals surface area contributed by atoms with Crippen molar-refractivity contribution >= 4 is 11.8 Å². The molecule has 2 aliphatic rings. The van der Waals surface area contributed by atoms with Gasteiger partial charge in [-0.3, -0.25) is 9.59 Å². The summed E-state index contributed by atoms with van der Waals surface area (Å²) < 4.78 is 0. The van der Waals surface area contributed by atoms with E-state index in [0.29, 0.717) is 25.0 Å². The van der Waals surface area contributed by atoms with Crippen LogP contribution in [-0.2, 0) is 9.59 Å². The first-order valence-electron chi connectivity index (χ1n) is 8.72. The minimum Gasteiger partial charge on any atom is -0.353 e. The smallest absolute Gasteiger partial charge is 0.242 e. The van der Waals surface area contributed by atoms with Crippen LogP contribution in [0.2, 0.25) is 0 Å². The molecule has 0 aromatic carbocycles. The molecular formula is C17H31N3O2. The van der Waals surface area contributed by atoms with Gasteiger partial charge in [-0.1, -0.05) is 13.8 Å². The van der Waals surface area contributed by atoms with E-state index in [9.17, 15) is 9.59 Å². The number of piperidine rings is 1. The van der Waals surface area contributed by atoms with Gasteiger partial charge in [-0.05, 0) is 52.1 Å². The Kier molecular flexibility index (Phi) is 5.84. The standard InChI is InChI=1S/C17H31N3O2/c1-12(2)11-15-16(21)18-7-10-20(15)17(22)14-5-8-19(9-6-14)13(3)4/h12-15H,5-11H2,1-4H3,(H,18,21)/t15-/m0/s1. The molecule has 5 nitrogen and oxygen atoms in total. The Bertz CT molecular complexity index is 401. The molecule has 0 unspecified atom stereocenters. The summed E-state index contributed by atoms with van der Waals surface area (Å²) in [6.45, 7) is 11.8. The number of carbonyl (C=O) groups is 2. The fourth-order valence-corrected chi connectivity index (χ4v) is 3.56. The van der Waals surface area contributed by atoms with Crippen molar-refractivity contribution in [1.29, 1.82) is 0 Å². The molecule has 2 aliphatic heterocycles. The quantitative estimate of drug-likeness (QED) is 0.856. The summed E-state index contributed by atoms with van der Waals surface area (Å²) in [6, 6.07) is 0.273. The second-order valence-electron chi connectivity index (χ2n) is 7.37. The normalized spacial score (nSPS) is 24.9. The van der Waals surface area contributed by atoms with Crippen LogP contribution in [0.4, 0.5) is 0 Å². The average Bonchev–Trinajstić information content (AvgIpc) is 2.48. The molecule has 0 aromatic rings. The second kappa shape index (κ2) is 7.44. The van der Waals surface area contributed by atoms with Gasteiger partial charge in [-0.25, -0.2) is 0 Å². The van der Waals surface area contributed by atoms with Gasteiger partial charge in [0.2, 0.25) is 11.8 Å². The van der Waals surface area contributed by atoms with Gasteiger partial charge >= 0.3 is 0 Å². The van der Waals surface area contributed by atoms with Crippen LogP contribution < -0.4 is 5.32 Å². The highest BCUT2D eigenvalue weighted by Gasteiger charge is 2.37. The Hall–Kier alpha value is -1.10. The number of rotatable bonds is 4. The molecule has 0 radical (unpaired) electrons. The number of carbonyl (C=O) groups excluding carboxylic acids is 2. The Morgan fingerprint density at radius 1 is 1.18 bits per heavy atom. The molecule has 2 saturated heterocycles. The largest absolute Gasteiger partial charge is 0.353 e. The first-order chi connectivity index (χ1) is 10.4. The molecule has 22 heavy (non-hydrogen) atoms. The lowest BCUT2D eigenvalue weighted by Gasteiger charge is -2.40. The molecule has 0 saturated carbocycles. The third kappa shape index (κ3) is 4.00. The minimum absolute atomic E-state index is 0.0212. The third-order valence-corrected chi connectivity index (χ3v) is 4.92. The molecule has 0 spiro atoms. The zero-order chi connectivity index (χ0) is 16.3. The van der Waals surface area contributed by atoms with Crippen LogP contribution in [0.15, 0.2) is 0 Å². The molecule has 1 atom stereocenters. The SMILES string of the molecule is CC(C)C[C@H]1C(=O)NCCN1C(=O)C1CCN(C(C)C)CC1. The van der Waals surface area contributed by atoms with Crippen LogP contribution in [0.25, 0.3) is 0 Å². The fourth-order valence-electron chi connectivity index (χ4n) is 3.56. The van der Waals surface area contributed by atoms with E-state index in [1.165, 1.54) is 0 Å². The topological polar surface area (TPSA) is 52.7 Å². The maximum Gasteiger partial charge on any atom is 0.242 e. The molecule has 126 valence electrons. The van der Waals surface area contributed by atoms with Crippen LogP contribution in [0.5, 0.6) is 0 Å². The lowest BCUT2D eigenvalue weighted by atomic mass is 9.92. The number of nitrogens with zero attached hydrogens (tertiary/aromatic N) is 2. The van der Waals surface area contributed by atoms with Gasteiger partial charge in [0.25, 0.3) is 0 Å². The van der Waals surface area contributed by atoms with Gasteiger partial charge in [-0.15, -0.1) is 0 Å². The van der Waals surface area contributed by atoms with E-state index in [4.69, 9.17) is 0 Å². The third-order valence-electron chi connectivity index (χ3n) is 4.92. The van der Waals surface area contributed by atoms with Gasteiger partial charge in [0.15, 0.2) is 0 Å². The maximum atomic E-state index is 12.9. The summed E-state index contributed by atoms with van der Waals surface area (Å²) in [5.74, 6) is 0.722. The highest BCUT2D eigenvalue weighted by molar-refractivity contribution is 5.89. The molecule has 0 aromatic heterocycles. The van der Waals surface area contributed by atoms with Crippen molar-refractivity contribution in [2.45, 2.75) is 59.0 Å². The van der Waals surface area contributed by atoms with Crippen molar-refractivity contribution in [3.8, 4) is 0 Å². The minimum atomic E-state index is -0.274. The summed E-state index contributed by atoms with van der Waals surface area (Å²) >= 11 is 0. The predicted molar refractivity (Wildman–Crippen MR) is 87.4 cm³/mol. The van der Waals surface area contributed by atoms with Crippen molar-refractivity contribution in [2.75, 3.05) is 26.2 Å². The van der Waals surface area contributed by atoms with E-state index in [1.807, 2.05) is 4.90 Å². The first-order valence-corrected chi connectivity index (χ1v) is 8.72. The van der Waals surface area contributed by atoms with Gasteiger partial charge in [0.1, 0.15) is 6.04 Å². The highest BCUT2D eigenvalue weighted by Crippen LogP contribution is 2.24. The van der Waals surface area contributed by atoms with E-state index in [2.05, 4.69) is 37.9 Å². The van der Waals surface area contributed by atoms with E-state index in [-0.39, 0.29) is 23.8 Å². The van der Waals surface area contributed by atoms with Crippen LogP contribution >= 0.6 is 0 Å². The summed E-state index contributed by atoms with van der Waals surface area (Å²) in [4.78, 5) is 29.3. The number of hydrogen-bond acceptors (Lipinski definition) is 3. The fraction of sp³-hybridized carbons (Fsp3) is 0.882. The molecule has 2 fully saturated rings. The average molecular weight is 309 g/mol. The number of piperazine rings is 1. The number of amides is 2. The highest BCUT2D eigenvalue weighted by atomic mass is 16.2.